The third-order valence-electron chi connectivity index (χ3n) is 3.57. The van der Waals surface area contributed by atoms with Crippen LogP contribution in [0, 0.1) is 5.92 Å². The molecular weight excluding hydrogens is 272 g/mol. The number of aromatic amines is 1. The molecule has 21 heavy (non-hydrogen) atoms. The van der Waals surface area contributed by atoms with E-state index in [1.807, 2.05) is 13.8 Å². The fourth-order valence-corrected chi connectivity index (χ4v) is 2.49. The first kappa shape index (κ1) is 15.6. The Labute approximate surface area is 123 Å². The second-order valence-corrected chi connectivity index (χ2v) is 5.89. The molecular formula is C14H24N4O3. The predicted octanol–water partition coefficient (Wildman–Crippen LogP) is 0.756. The van der Waals surface area contributed by atoms with Crippen molar-refractivity contribution in [3.8, 4) is 0 Å². The highest BCUT2D eigenvalue weighted by molar-refractivity contribution is 5.60. The summed E-state index contributed by atoms with van der Waals surface area (Å²) in [5, 5.41) is 3.04. The summed E-state index contributed by atoms with van der Waals surface area (Å²) in [6.45, 7) is 5.72. The number of ether oxygens (including phenoxy) is 1. The molecule has 1 aromatic rings. The van der Waals surface area contributed by atoms with E-state index in [1.165, 1.54) is 4.57 Å². The third-order valence-corrected chi connectivity index (χ3v) is 3.57. The molecule has 1 fully saturated rings. The monoisotopic (exact) mass is 296 g/mol. The van der Waals surface area contributed by atoms with Gasteiger partial charge >= 0.3 is 5.69 Å². The largest absolute Gasteiger partial charge is 0.383 e. The Morgan fingerprint density at radius 1 is 1.43 bits per heavy atom. The summed E-state index contributed by atoms with van der Waals surface area (Å²) < 4.78 is 7.01. The molecule has 0 saturated carbocycles. The first-order chi connectivity index (χ1) is 9.99. The van der Waals surface area contributed by atoms with E-state index in [0.29, 0.717) is 13.1 Å². The Morgan fingerprint density at radius 3 is 2.81 bits per heavy atom. The zero-order chi connectivity index (χ0) is 15.4. The van der Waals surface area contributed by atoms with Crippen LogP contribution in [0.5, 0.6) is 0 Å². The Bertz CT molecular complexity index is 585. The zero-order valence-corrected chi connectivity index (χ0v) is 12.6. The van der Waals surface area contributed by atoms with Crippen molar-refractivity contribution >= 4 is 11.5 Å². The summed E-state index contributed by atoms with van der Waals surface area (Å²) in [4.78, 5) is 26.1. The Hall–Kier alpha value is -1.76. The maximum absolute atomic E-state index is 11.9. The zero-order valence-electron chi connectivity index (χ0n) is 12.6. The first-order valence-corrected chi connectivity index (χ1v) is 7.47. The summed E-state index contributed by atoms with van der Waals surface area (Å²) in [5.74, 6) is 0.443. The van der Waals surface area contributed by atoms with Crippen molar-refractivity contribution in [3.05, 3.63) is 20.8 Å². The summed E-state index contributed by atoms with van der Waals surface area (Å²) in [7, 11) is 0. The Balaban J connectivity index is 2.18. The van der Waals surface area contributed by atoms with Crippen molar-refractivity contribution in [1.29, 1.82) is 0 Å². The molecule has 0 aromatic carbocycles. The van der Waals surface area contributed by atoms with Gasteiger partial charge in [0.05, 0.1) is 6.10 Å². The van der Waals surface area contributed by atoms with Crippen LogP contribution in [0.2, 0.25) is 0 Å². The summed E-state index contributed by atoms with van der Waals surface area (Å²) in [6, 6.07) is 0. The van der Waals surface area contributed by atoms with Crippen LogP contribution < -0.4 is 22.3 Å². The standard InChI is InChI=1S/C14H24N4O3/c1-9(2)8-18-12(15)11(13(19)17-14(18)20)16-7-10-5-3-4-6-21-10/h9-10,16H,3-8,15H2,1-2H3,(H,17,19,20). The fourth-order valence-electron chi connectivity index (χ4n) is 2.49. The highest BCUT2D eigenvalue weighted by Gasteiger charge is 2.17. The van der Waals surface area contributed by atoms with E-state index in [1.54, 1.807) is 0 Å². The minimum atomic E-state index is -0.478. The van der Waals surface area contributed by atoms with Crippen LogP contribution in [0.15, 0.2) is 9.59 Å². The molecule has 0 bridgehead atoms. The molecule has 1 atom stereocenters. The Morgan fingerprint density at radius 2 is 2.19 bits per heavy atom. The molecule has 0 spiro atoms. The van der Waals surface area contributed by atoms with Gasteiger partial charge in [0.15, 0.2) is 0 Å². The highest BCUT2D eigenvalue weighted by atomic mass is 16.5. The van der Waals surface area contributed by atoms with E-state index >= 15 is 0 Å². The van der Waals surface area contributed by atoms with Crippen molar-refractivity contribution in [2.75, 3.05) is 24.2 Å². The fraction of sp³-hybridized carbons (Fsp3) is 0.714. The van der Waals surface area contributed by atoms with Gasteiger partial charge in [0.1, 0.15) is 11.5 Å². The van der Waals surface area contributed by atoms with Crippen molar-refractivity contribution < 1.29 is 4.74 Å². The number of nitrogens with zero attached hydrogens (tertiary/aromatic N) is 1. The van der Waals surface area contributed by atoms with E-state index in [9.17, 15) is 9.59 Å². The average molecular weight is 296 g/mol. The number of nitrogens with two attached hydrogens (primary N) is 1. The number of H-pyrrole nitrogens is 1. The number of aromatic nitrogens is 2. The molecule has 7 nitrogen and oxygen atoms in total. The minimum absolute atomic E-state index is 0.0861. The number of nitrogen functional groups attached to an aromatic ring is 1. The van der Waals surface area contributed by atoms with E-state index in [0.717, 1.165) is 25.9 Å². The van der Waals surface area contributed by atoms with Crippen molar-refractivity contribution in [3.63, 3.8) is 0 Å². The highest BCUT2D eigenvalue weighted by Crippen LogP contribution is 2.16. The number of hydrogen-bond donors (Lipinski definition) is 3. The molecule has 1 aliphatic heterocycles. The van der Waals surface area contributed by atoms with Gasteiger partial charge in [0.2, 0.25) is 0 Å². The SMILES string of the molecule is CC(C)Cn1c(N)c(NCC2CCCCO2)c(=O)[nH]c1=O. The molecule has 118 valence electrons. The van der Waals surface area contributed by atoms with Crippen LogP contribution in [0.4, 0.5) is 11.5 Å². The average Bonchev–Trinajstić information content (AvgIpc) is 2.44. The van der Waals surface area contributed by atoms with Gasteiger partial charge in [-0.2, -0.15) is 0 Å². The molecule has 7 heteroatoms. The maximum atomic E-state index is 11.9. The molecule has 1 aliphatic rings. The lowest BCUT2D eigenvalue weighted by Crippen LogP contribution is -2.36. The molecule has 0 amide bonds. The van der Waals surface area contributed by atoms with Crippen LogP contribution in [-0.2, 0) is 11.3 Å². The number of nitrogens with one attached hydrogen (secondary N) is 2. The first-order valence-electron chi connectivity index (χ1n) is 7.47. The van der Waals surface area contributed by atoms with Crippen LogP contribution in [-0.4, -0.2) is 28.8 Å². The number of anilines is 2. The van der Waals surface area contributed by atoms with Crippen molar-refractivity contribution in [2.45, 2.75) is 45.8 Å². The number of hydrogen-bond acceptors (Lipinski definition) is 5. The normalized spacial score (nSPS) is 18.9. The maximum Gasteiger partial charge on any atom is 0.330 e. The van der Waals surface area contributed by atoms with Gasteiger partial charge in [-0.05, 0) is 25.2 Å². The molecule has 1 aromatic heterocycles. The van der Waals surface area contributed by atoms with Gasteiger partial charge in [0, 0.05) is 19.7 Å². The summed E-state index contributed by atoms with van der Waals surface area (Å²) in [6.07, 6.45) is 3.27. The molecule has 2 rings (SSSR count). The van der Waals surface area contributed by atoms with E-state index < -0.39 is 11.2 Å². The second-order valence-electron chi connectivity index (χ2n) is 5.89. The van der Waals surface area contributed by atoms with E-state index in [4.69, 9.17) is 10.5 Å². The van der Waals surface area contributed by atoms with Gasteiger partial charge < -0.3 is 15.8 Å². The van der Waals surface area contributed by atoms with Gasteiger partial charge in [-0.15, -0.1) is 0 Å². The van der Waals surface area contributed by atoms with Crippen molar-refractivity contribution in [1.82, 2.24) is 9.55 Å². The molecule has 2 heterocycles. The smallest absolute Gasteiger partial charge is 0.330 e. The third kappa shape index (κ3) is 3.87. The lowest BCUT2D eigenvalue weighted by atomic mass is 10.1. The number of rotatable bonds is 5. The molecule has 0 aliphatic carbocycles. The van der Waals surface area contributed by atoms with Crippen LogP contribution in [0.3, 0.4) is 0 Å². The predicted molar refractivity (Wildman–Crippen MR) is 82.7 cm³/mol. The molecule has 1 unspecified atom stereocenters. The Kier molecular flexibility index (Phi) is 5.06. The molecule has 1 saturated heterocycles. The lowest BCUT2D eigenvalue weighted by Gasteiger charge is -2.23. The quantitative estimate of drug-likeness (QED) is 0.744. The minimum Gasteiger partial charge on any atom is -0.383 e. The molecule has 4 N–H and O–H groups in total. The topological polar surface area (TPSA) is 102 Å². The molecule has 0 radical (unpaired) electrons. The van der Waals surface area contributed by atoms with Gasteiger partial charge in [-0.25, -0.2) is 4.79 Å². The van der Waals surface area contributed by atoms with Gasteiger partial charge in [-0.1, -0.05) is 13.8 Å². The van der Waals surface area contributed by atoms with Gasteiger partial charge in [0.25, 0.3) is 5.56 Å². The summed E-state index contributed by atoms with van der Waals surface area (Å²) in [5.41, 5.74) is 5.30. The van der Waals surface area contributed by atoms with E-state index in [-0.39, 0.29) is 23.5 Å². The van der Waals surface area contributed by atoms with Crippen LogP contribution >= 0.6 is 0 Å². The lowest BCUT2D eigenvalue weighted by molar-refractivity contribution is 0.0247. The van der Waals surface area contributed by atoms with Crippen molar-refractivity contribution in [2.24, 2.45) is 5.92 Å². The van der Waals surface area contributed by atoms with E-state index in [2.05, 4.69) is 10.3 Å². The van der Waals surface area contributed by atoms with Crippen LogP contribution in [0.25, 0.3) is 0 Å². The van der Waals surface area contributed by atoms with Gasteiger partial charge in [-0.3, -0.25) is 14.3 Å². The summed E-state index contributed by atoms with van der Waals surface area (Å²) >= 11 is 0. The second kappa shape index (κ2) is 6.80. The van der Waals surface area contributed by atoms with Crippen LogP contribution in [0.1, 0.15) is 33.1 Å².